The number of hydrazone groups is 2. The van der Waals surface area contributed by atoms with Gasteiger partial charge in [-0.1, -0.05) is 12.1 Å². The quantitative estimate of drug-likeness (QED) is 0.196. The van der Waals surface area contributed by atoms with E-state index in [1.807, 2.05) is 10.6 Å². The van der Waals surface area contributed by atoms with Crippen molar-refractivity contribution in [2.45, 2.75) is 25.5 Å². The highest BCUT2D eigenvalue weighted by Crippen LogP contribution is 2.29. The molecule has 0 saturated carbocycles. The molecule has 17 heteroatoms. The standard InChI is InChI=1S/C16H15F9N6S2/c1-8(28-30-12(32)26-6-14(17,18)19)11(29-31-13(33)27-7-15(20,21)22)9-2-4-10(5-3-9)16(23,24)25/h2-5H,6-7H2,1H3,(H2,26,30,32)(H2,27,31,33)/b28-8+,29-11-. The van der Waals surface area contributed by atoms with Gasteiger partial charge in [-0.05, 0) is 43.5 Å². The van der Waals surface area contributed by atoms with Gasteiger partial charge in [0.15, 0.2) is 10.2 Å². The summed E-state index contributed by atoms with van der Waals surface area (Å²) in [5.41, 5.74) is 2.95. The van der Waals surface area contributed by atoms with E-state index in [-0.39, 0.29) is 17.0 Å². The minimum absolute atomic E-state index is 0.0336. The van der Waals surface area contributed by atoms with Gasteiger partial charge in [0.25, 0.3) is 0 Å². The van der Waals surface area contributed by atoms with Gasteiger partial charge in [0.05, 0.1) is 11.3 Å². The van der Waals surface area contributed by atoms with Gasteiger partial charge in [-0.15, -0.1) is 0 Å². The number of nitrogens with one attached hydrogen (secondary N) is 4. The van der Waals surface area contributed by atoms with E-state index >= 15 is 0 Å². The minimum Gasteiger partial charge on any atom is -0.352 e. The summed E-state index contributed by atoms with van der Waals surface area (Å²) in [5.74, 6) is 0. The molecule has 0 amide bonds. The molecule has 1 aromatic carbocycles. The lowest BCUT2D eigenvalue weighted by atomic mass is 10.0. The molecule has 4 N–H and O–H groups in total. The number of thiocarbonyl (C=S) groups is 2. The molecule has 6 nitrogen and oxygen atoms in total. The Hall–Kier alpha value is -2.69. The van der Waals surface area contributed by atoms with Crippen LogP contribution in [0.25, 0.3) is 0 Å². The molecule has 1 aromatic rings. The van der Waals surface area contributed by atoms with Gasteiger partial charge in [0.1, 0.15) is 18.8 Å². The molecule has 0 aromatic heterocycles. The van der Waals surface area contributed by atoms with Crippen LogP contribution in [0.15, 0.2) is 34.5 Å². The fourth-order valence-electron chi connectivity index (χ4n) is 1.91. The zero-order chi connectivity index (χ0) is 25.4. The minimum atomic E-state index is -4.63. The van der Waals surface area contributed by atoms with E-state index < -0.39 is 47.4 Å². The number of hydrogen-bond acceptors (Lipinski definition) is 4. The average Bonchev–Trinajstić information content (AvgIpc) is 2.68. The van der Waals surface area contributed by atoms with Crippen LogP contribution >= 0.6 is 24.4 Å². The lowest BCUT2D eigenvalue weighted by Crippen LogP contribution is -2.40. The van der Waals surface area contributed by atoms with Gasteiger partial charge < -0.3 is 10.6 Å². The van der Waals surface area contributed by atoms with Gasteiger partial charge in [-0.3, -0.25) is 10.9 Å². The molecular formula is C16H15F9N6S2. The summed E-state index contributed by atoms with van der Waals surface area (Å²) >= 11 is 9.28. The predicted molar refractivity (Wildman–Crippen MR) is 111 cm³/mol. The lowest BCUT2D eigenvalue weighted by Gasteiger charge is -2.13. The molecule has 0 heterocycles. The molecule has 0 spiro atoms. The Morgan fingerprint density at radius 1 is 0.758 bits per heavy atom. The van der Waals surface area contributed by atoms with Gasteiger partial charge in [0, 0.05) is 5.56 Å². The highest BCUT2D eigenvalue weighted by molar-refractivity contribution is 7.80. The number of hydrogen-bond donors (Lipinski definition) is 4. The number of halogens is 9. The fourth-order valence-corrected chi connectivity index (χ4v) is 2.14. The van der Waals surface area contributed by atoms with E-state index in [4.69, 9.17) is 0 Å². The zero-order valence-corrected chi connectivity index (χ0v) is 18.0. The van der Waals surface area contributed by atoms with Gasteiger partial charge >= 0.3 is 18.5 Å². The maximum absolute atomic E-state index is 12.8. The van der Waals surface area contributed by atoms with Crippen LogP contribution in [0.3, 0.4) is 0 Å². The first-order chi connectivity index (χ1) is 15.0. The second-order valence-electron chi connectivity index (χ2n) is 6.05. The Kier molecular flexibility index (Phi) is 9.83. The summed E-state index contributed by atoms with van der Waals surface area (Å²) in [6.45, 7) is -1.66. The highest BCUT2D eigenvalue weighted by Gasteiger charge is 2.30. The van der Waals surface area contributed by atoms with Crippen LogP contribution in [0.4, 0.5) is 39.5 Å². The number of nitrogens with zero attached hydrogens (tertiary/aromatic N) is 2. The summed E-state index contributed by atoms with van der Waals surface area (Å²) in [6, 6.07) is 3.46. The number of benzene rings is 1. The average molecular weight is 526 g/mol. The topological polar surface area (TPSA) is 72.8 Å². The van der Waals surface area contributed by atoms with Crippen molar-refractivity contribution in [1.29, 1.82) is 0 Å². The normalized spacial score (nSPS) is 13.4. The summed E-state index contributed by atoms with van der Waals surface area (Å²) in [7, 11) is 0. The Morgan fingerprint density at radius 3 is 1.58 bits per heavy atom. The van der Waals surface area contributed by atoms with Crippen LogP contribution in [0.2, 0.25) is 0 Å². The van der Waals surface area contributed by atoms with Crippen LogP contribution < -0.4 is 21.5 Å². The molecule has 0 fully saturated rings. The first kappa shape index (κ1) is 28.3. The molecule has 33 heavy (non-hydrogen) atoms. The molecule has 0 saturated heterocycles. The van der Waals surface area contributed by atoms with Crippen LogP contribution in [-0.2, 0) is 6.18 Å². The van der Waals surface area contributed by atoms with E-state index in [2.05, 4.69) is 45.5 Å². The molecule has 0 aliphatic carbocycles. The first-order valence-corrected chi connectivity index (χ1v) is 9.31. The molecule has 1 rings (SSSR count). The van der Waals surface area contributed by atoms with Gasteiger partial charge in [-0.2, -0.15) is 49.7 Å². The summed E-state index contributed by atoms with van der Waals surface area (Å²) in [6.07, 6.45) is -13.8. The van der Waals surface area contributed by atoms with Crippen molar-refractivity contribution < 1.29 is 39.5 Å². The maximum Gasteiger partial charge on any atom is 0.416 e. The number of rotatable bonds is 6. The van der Waals surface area contributed by atoms with Crippen molar-refractivity contribution in [3.05, 3.63) is 35.4 Å². The third kappa shape index (κ3) is 11.7. The Labute approximate surface area is 191 Å². The van der Waals surface area contributed by atoms with E-state index in [0.717, 1.165) is 24.3 Å². The van der Waals surface area contributed by atoms with Crippen molar-refractivity contribution in [3.8, 4) is 0 Å². The van der Waals surface area contributed by atoms with Crippen molar-refractivity contribution >= 4 is 46.1 Å². The maximum atomic E-state index is 12.8. The summed E-state index contributed by atoms with van der Waals surface area (Å²) in [4.78, 5) is 0. The molecule has 0 unspecified atom stereocenters. The van der Waals surface area contributed by atoms with Crippen LogP contribution in [0.1, 0.15) is 18.1 Å². The Morgan fingerprint density at radius 2 is 1.18 bits per heavy atom. The van der Waals surface area contributed by atoms with E-state index in [9.17, 15) is 39.5 Å². The first-order valence-electron chi connectivity index (χ1n) is 8.49. The second-order valence-corrected chi connectivity index (χ2v) is 6.87. The largest absolute Gasteiger partial charge is 0.416 e. The lowest BCUT2D eigenvalue weighted by molar-refractivity contribution is -0.137. The van der Waals surface area contributed by atoms with Crippen LogP contribution in [-0.4, -0.2) is 47.1 Å². The zero-order valence-electron chi connectivity index (χ0n) is 16.3. The van der Waals surface area contributed by atoms with E-state index in [1.165, 1.54) is 6.92 Å². The van der Waals surface area contributed by atoms with Crippen molar-refractivity contribution in [3.63, 3.8) is 0 Å². The monoisotopic (exact) mass is 526 g/mol. The van der Waals surface area contributed by atoms with Crippen LogP contribution in [0.5, 0.6) is 0 Å². The smallest absolute Gasteiger partial charge is 0.352 e. The Balaban J connectivity index is 3.08. The van der Waals surface area contributed by atoms with Crippen molar-refractivity contribution in [2.24, 2.45) is 10.2 Å². The molecule has 0 aliphatic rings. The molecule has 0 aliphatic heterocycles. The molecule has 0 atom stereocenters. The molecule has 0 radical (unpaired) electrons. The van der Waals surface area contributed by atoms with Crippen molar-refractivity contribution in [1.82, 2.24) is 21.5 Å². The Bertz CT molecular complexity index is 890. The third-order valence-corrected chi connectivity index (χ3v) is 3.79. The third-order valence-electron chi connectivity index (χ3n) is 3.32. The summed E-state index contributed by atoms with van der Waals surface area (Å²) < 4.78 is 112. The second kappa shape index (κ2) is 11.4. The predicted octanol–water partition coefficient (Wildman–Crippen LogP) is 3.84. The molecule has 0 bridgehead atoms. The van der Waals surface area contributed by atoms with Crippen LogP contribution in [0, 0.1) is 0 Å². The van der Waals surface area contributed by atoms with Crippen molar-refractivity contribution in [2.75, 3.05) is 13.1 Å². The number of alkyl halides is 9. The fraction of sp³-hybridized carbons (Fsp3) is 0.375. The van der Waals surface area contributed by atoms with E-state index in [0.29, 0.717) is 0 Å². The van der Waals surface area contributed by atoms with E-state index in [1.54, 1.807) is 0 Å². The highest BCUT2D eigenvalue weighted by atomic mass is 32.1. The SMILES string of the molecule is CC(=N\NC(=S)NCC(F)(F)F)/C(=N/NC(=S)NCC(F)(F)F)c1ccc(C(F)(F)F)cc1. The molecular weight excluding hydrogens is 511 g/mol. The molecule has 184 valence electrons. The van der Waals surface area contributed by atoms with Gasteiger partial charge in [-0.25, -0.2) is 0 Å². The van der Waals surface area contributed by atoms with Gasteiger partial charge in [0.2, 0.25) is 0 Å². The summed E-state index contributed by atoms with van der Waals surface area (Å²) in [5, 5.41) is 10.0.